The number of anilines is 1. The molecule has 2 aromatic rings. The van der Waals surface area contributed by atoms with Gasteiger partial charge in [-0.15, -0.1) is 11.3 Å². The first kappa shape index (κ1) is 16.8. The molecule has 6 heteroatoms. The number of aromatic nitrogens is 1. The predicted molar refractivity (Wildman–Crippen MR) is 95.4 cm³/mol. The van der Waals surface area contributed by atoms with Gasteiger partial charge in [-0.05, 0) is 37.8 Å². The van der Waals surface area contributed by atoms with Gasteiger partial charge in [0.1, 0.15) is 11.5 Å². The van der Waals surface area contributed by atoms with Crippen LogP contribution in [0.15, 0.2) is 18.2 Å². The molecule has 0 unspecified atom stereocenters. The Morgan fingerprint density at radius 3 is 2.50 bits per heavy atom. The van der Waals surface area contributed by atoms with Gasteiger partial charge in [0, 0.05) is 17.5 Å². The molecule has 3 rings (SSSR count). The molecule has 1 amide bonds. The van der Waals surface area contributed by atoms with E-state index in [1.54, 1.807) is 37.5 Å². The average molecular weight is 346 g/mol. The minimum Gasteiger partial charge on any atom is -0.496 e. The molecule has 5 nitrogen and oxygen atoms in total. The number of nitrogens with zero attached hydrogens (tertiary/aromatic N) is 2. The van der Waals surface area contributed by atoms with Crippen LogP contribution in [-0.2, 0) is 24.1 Å². The number of rotatable bonds is 5. The van der Waals surface area contributed by atoms with Crippen LogP contribution in [0.1, 0.15) is 29.0 Å². The van der Waals surface area contributed by atoms with E-state index < -0.39 is 0 Å². The summed E-state index contributed by atoms with van der Waals surface area (Å²) in [4.78, 5) is 20.4. The van der Waals surface area contributed by atoms with Crippen molar-refractivity contribution >= 4 is 22.4 Å². The van der Waals surface area contributed by atoms with Crippen LogP contribution in [-0.4, -0.2) is 32.2 Å². The molecule has 0 atom stereocenters. The monoisotopic (exact) mass is 346 g/mol. The van der Waals surface area contributed by atoms with Gasteiger partial charge >= 0.3 is 0 Å². The fraction of sp³-hybridized carbons (Fsp3) is 0.444. The van der Waals surface area contributed by atoms with Crippen LogP contribution in [0.4, 0.5) is 5.13 Å². The Balaban J connectivity index is 1.81. The quantitative estimate of drug-likeness (QED) is 0.834. The number of hydrogen-bond acceptors (Lipinski definition) is 5. The molecule has 0 saturated heterocycles. The third kappa shape index (κ3) is 3.24. The van der Waals surface area contributed by atoms with Gasteiger partial charge in [0.25, 0.3) is 0 Å². The van der Waals surface area contributed by atoms with Crippen molar-refractivity contribution in [1.82, 2.24) is 4.98 Å². The maximum absolute atomic E-state index is 12.7. The second-order valence-electron chi connectivity index (χ2n) is 5.84. The lowest BCUT2D eigenvalue weighted by Gasteiger charge is -2.17. The molecule has 1 aromatic heterocycles. The first-order chi connectivity index (χ1) is 11.6. The summed E-state index contributed by atoms with van der Waals surface area (Å²) in [5.41, 5.74) is 1.93. The SMILES string of the molecule is COc1cccc(OC)c1CC(=O)N(C)c1nc2c(s1)CCCC2. The third-order valence-electron chi connectivity index (χ3n) is 4.35. The van der Waals surface area contributed by atoms with Crippen molar-refractivity contribution in [2.75, 3.05) is 26.2 Å². The lowest BCUT2D eigenvalue weighted by atomic mass is 10.0. The van der Waals surface area contributed by atoms with Crippen molar-refractivity contribution in [2.24, 2.45) is 0 Å². The zero-order valence-corrected chi connectivity index (χ0v) is 15.1. The van der Waals surface area contributed by atoms with Gasteiger partial charge in [0.05, 0.1) is 26.3 Å². The molecule has 0 radical (unpaired) electrons. The third-order valence-corrected chi connectivity index (χ3v) is 5.59. The minimum absolute atomic E-state index is 0.0242. The van der Waals surface area contributed by atoms with Crippen molar-refractivity contribution in [1.29, 1.82) is 0 Å². The van der Waals surface area contributed by atoms with Crippen molar-refractivity contribution in [3.05, 3.63) is 34.3 Å². The van der Waals surface area contributed by atoms with Crippen LogP contribution in [0.25, 0.3) is 0 Å². The maximum atomic E-state index is 12.7. The van der Waals surface area contributed by atoms with Crippen LogP contribution in [0.2, 0.25) is 0 Å². The number of fused-ring (bicyclic) bond motifs is 1. The van der Waals surface area contributed by atoms with E-state index >= 15 is 0 Å². The zero-order chi connectivity index (χ0) is 17.1. The summed E-state index contributed by atoms with van der Waals surface area (Å²) >= 11 is 1.63. The molecule has 0 fully saturated rings. The molecule has 0 spiro atoms. The van der Waals surface area contributed by atoms with E-state index in [0.717, 1.165) is 29.2 Å². The fourth-order valence-corrected chi connectivity index (χ4v) is 4.09. The summed E-state index contributed by atoms with van der Waals surface area (Å²) in [6, 6.07) is 5.53. The van der Waals surface area contributed by atoms with E-state index in [0.29, 0.717) is 11.5 Å². The summed E-state index contributed by atoms with van der Waals surface area (Å²) in [5.74, 6) is 1.30. The molecular weight excluding hydrogens is 324 g/mol. The van der Waals surface area contributed by atoms with E-state index in [9.17, 15) is 4.79 Å². The number of carbonyl (C=O) groups excluding carboxylic acids is 1. The Hall–Kier alpha value is -2.08. The molecule has 1 aliphatic rings. The van der Waals surface area contributed by atoms with E-state index in [4.69, 9.17) is 9.47 Å². The largest absolute Gasteiger partial charge is 0.496 e. The molecule has 24 heavy (non-hydrogen) atoms. The summed E-state index contributed by atoms with van der Waals surface area (Å²) in [6.45, 7) is 0. The Labute approximate surface area is 146 Å². The van der Waals surface area contributed by atoms with Crippen molar-refractivity contribution < 1.29 is 14.3 Å². The number of carbonyl (C=O) groups is 1. The van der Waals surface area contributed by atoms with Gasteiger partial charge in [-0.2, -0.15) is 0 Å². The summed E-state index contributed by atoms with van der Waals surface area (Å²) in [6.07, 6.45) is 4.72. The molecule has 1 aliphatic carbocycles. The molecule has 0 bridgehead atoms. The number of thiazole rings is 1. The van der Waals surface area contributed by atoms with Gasteiger partial charge in [-0.25, -0.2) is 4.98 Å². The van der Waals surface area contributed by atoms with Crippen molar-refractivity contribution in [2.45, 2.75) is 32.1 Å². The zero-order valence-electron chi connectivity index (χ0n) is 14.3. The topological polar surface area (TPSA) is 51.7 Å². The van der Waals surface area contributed by atoms with Crippen LogP contribution in [0.5, 0.6) is 11.5 Å². The molecule has 0 aliphatic heterocycles. The molecule has 128 valence electrons. The number of hydrogen-bond donors (Lipinski definition) is 0. The lowest BCUT2D eigenvalue weighted by molar-refractivity contribution is -0.117. The first-order valence-electron chi connectivity index (χ1n) is 8.09. The number of amides is 1. The second-order valence-corrected chi connectivity index (χ2v) is 6.91. The van der Waals surface area contributed by atoms with Crippen LogP contribution in [0, 0.1) is 0 Å². The molecular formula is C18H22N2O3S. The standard InChI is InChI=1S/C18H22N2O3S/c1-20(18-19-13-7-4-5-10-16(13)24-18)17(21)11-12-14(22-2)8-6-9-15(12)23-3/h6,8-9H,4-5,7,10-11H2,1-3H3. The minimum atomic E-state index is -0.0242. The lowest BCUT2D eigenvalue weighted by Crippen LogP contribution is -2.28. The average Bonchev–Trinajstić information content (AvgIpc) is 3.05. The Bertz CT molecular complexity index is 696. The number of likely N-dealkylation sites (N-methyl/N-ethyl adjacent to an activating group) is 1. The highest BCUT2D eigenvalue weighted by Crippen LogP contribution is 2.33. The summed E-state index contributed by atoms with van der Waals surface area (Å²) in [7, 11) is 4.98. The Kier molecular flexibility index (Phi) is 5.04. The maximum Gasteiger partial charge on any atom is 0.233 e. The summed E-state index contributed by atoms with van der Waals surface area (Å²) in [5, 5.41) is 0.778. The van der Waals surface area contributed by atoms with Crippen molar-refractivity contribution in [3.8, 4) is 11.5 Å². The van der Waals surface area contributed by atoms with Crippen LogP contribution >= 0.6 is 11.3 Å². The smallest absolute Gasteiger partial charge is 0.233 e. The number of benzene rings is 1. The Morgan fingerprint density at radius 2 is 1.88 bits per heavy atom. The second kappa shape index (κ2) is 7.21. The van der Waals surface area contributed by atoms with Gasteiger partial charge in [0.2, 0.25) is 5.91 Å². The highest BCUT2D eigenvalue weighted by molar-refractivity contribution is 7.15. The number of ether oxygens (including phenoxy) is 2. The molecule has 1 aromatic carbocycles. The van der Waals surface area contributed by atoms with Gasteiger partial charge in [0.15, 0.2) is 5.13 Å². The highest BCUT2D eigenvalue weighted by atomic mass is 32.1. The molecule has 0 saturated carbocycles. The highest BCUT2D eigenvalue weighted by Gasteiger charge is 2.22. The first-order valence-corrected chi connectivity index (χ1v) is 8.90. The van der Waals surface area contributed by atoms with Crippen LogP contribution in [0.3, 0.4) is 0 Å². The van der Waals surface area contributed by atoms with Crippen LogP contribution < -0.4 is 14.4 Å². The van der Waals surface area contributed by atoms with Gasteiger partial charge in [-0.3, -0.25) is 9.69 Å². The predicted octanol–water partition coefficient (Wildman–Crippen LogP) is 3.24. The van der Waals surface area contributed by atoms with E-state index in [2.05, 4.69) is 4.98 Å². The number of methoxy groups -OCH3 is 2. The molecule has 0 N–H and O–H groups in total. The normalized spacial score (nSPS) is 13.3. The van der Waals surface area contributed by atoms with E-state index in [-0.39, 0.29) is 12.3 Å². The van der Waals surface area contributed by atoms with Gasteiger partial charge < -0.3 is 9.47 Å². The number of aryl methyl sites for hydroxylation is 2. The fourth-order valence-electron chi connectivity index (χ4n) is 2.96. The molecule has 1 heterocycles. The van der Waals surface area contributed by atoms with E-state index in [1.807, 2.05) is 18.2 Å². The van der Waals surface area contributed by atoms with Gasteiger partial charge in [-0.1, -0.05) is 6.07 Å². The Morgan fingerprint density at radius 1 is 1.21 bits per heavy atom. The van der Waals surface area contributed by atoms with E-state index in [1.165, 1.54) is 17.7 Å². The van der Waals surface area contributed by atoms with Crippen molar-refractivity contribution in [3.63, 3.8) is 0 Å². The summed E-state index contributed by atoms with van der Waals surface area (Å²) < 4.78 is 10.8.